The van der Waals surface area contributed by atoms with Crippen molar-refractivity contribution < 1.29 is 13.2 Å². The summed E-state index contributed by atoms with van der Waals surface area (Å²) in [6.45, 7) is 9.23. The molecule has 0 radical (unpaired) electrons. The maximum atomic E-state index is 12.5. The molecule has 1 saturated heterocycles. The van der Waals surface area contributed by atoms with Crippen molar-refractivity contribution in [3.8, 4) is 0 Å². The Morgan fingerprint density at radius 1 is 1.16 bits per heavy atom. The SMILES string of the molecule is CCCN(CC(=O)N1CCN(c2cccc(C)c2C)CC1)S(C)(=O)=O. The van der Waals surface area contributed by atoms with Gasteiger partial charge in [0.05, 0.1) is 12.8 Å². The number of rotatable bonds is 6. The van der Waals surface area contributed by atoms with Crippen LogP contribution in [0.4, 0.5) is 5.69 Å². The minimum Gasteiger partial charge on any atom is -0.368 e. The van der Waals surface area contributed by atoms with E-state index in [2.05, 4.69) is 36.9 Å². The summed E-state index contributed by atoms with van der Waals surface area (Å²) in [5.41, 5.74) is 3.75. The molecule has 0 atom stereocenters. The van der Waals surface area contributed by atoms with Crippen LogP contribution in [0.25, 0.3) is 0 Å². The van der Waals surface area contributed by atoms with Crippen LogP contribution in [0.15, 0.2) is 18.2 Å². The second-order valence-electron chi connectivity index (χ2n) is 6.68. The quantitative estimate of drug-likeness (QED) is 0.767. The number of carbonyl (C=O) groups excluding carboxylic acids is 1. The average Bonchev–Trinajstić information content (AvgIpc) is 2.56. The lowest BCUT2D eigenvalue weighted by atomic mass is 10.1. The molecule has 140 valence electrons. The Labute approximate surface area is 151 Å². The van der Waals surface area contributed by atoms with Crippen molar-refractivity contribution in [2.45, 2.75) is 27.2 Å². The summed E-state index contributed by atoms with van der Waals surface area (Å²) in [4.78, 5) is 16.6. The van der Waals surface area contributed by atoms with Crippen LogP contribution in [0.5, 0.6) is 0 Å². The molecular formula is C18H29N3O3S. The van der Waals surface area contributed by atoms with Crippen molar-refractivity contribution >= 4 is 21.6 Å². The molecule has 1 aliphatic rings. The second-order valence-corrected chi connectivity index (χ2v) is 8.67. The largest absolute Gasteiger partial charge is 0.368 e. The number of benzene rings is 1. The number of amides is 1. The molecule has 6 nitrogen and oxygen atoms in total. The van der Waals surface area contributed by atoms with Gasteiger partial charge in [-0.2, -0.15) is 4.31 Å². The number of anilines is 1. The Hall–Kier alpha value is -1.60. The van der Waals surface area contributed by atoms with E-state index in [0.717, 1.165) is 19.3 Å². The number of carbonyl (C=O) groups is 1. The van der Waals surface area contributed by atoms with E-state index in [-0.39, 0.29) is 12.5 Å². The first-order valence-electron chi connectivity index (χ1n) is 8.78. The standard InChI is InChI=1S/C18H29N3O3S/c1-5-9-21(25(4,23)24)14-18(22)20-12-10-19(11-13-20)17-8-6-7-15(2)16(17)3/h6-8H,5,9-14H2,1-4H3. The van der Waals surface area contributed by atoms with Crippen molar-refractivity contribution in [2.75, 3.05) is 50.4 Å². The highest BCUT2D eigenvalue weighted by Crippen LogP contribution is 2.23. The fourth-order valence-electron chi connectivity index (χ4n) is 3.14. The van der Waals surface area contributed by atoms with Gasteiger partial charge in [-0.25, -0.2) is 8.42 Å². The molecule has 1 amide bonds. The molecule has 1 fully saturated rings. The zero-order valence-corrected chi connectivity index (χ0v) is 16.5. The Morgan fingerprint density at radius 2 is 1.80 bits per heavy atom. The summed E-state index contributed by atoms with van der Waals surface area (Å²) in [5, 5.41) is 0. The van der Waals surface area contributed by atoms with Gasteiger partial charge in [0.1, 0.15) is 0 Å². The maximum Gasteiger partial charge on any atom is 0.238 e. The van der Waals surface area contributed by atoms with E-state index in [1.807, 2.05) is 6.92 Å². The number of hydrogen-bond donors (Lipinski definition) is 0. The third kappa shape index (κ3) is 4.95. The van der Waals surface area contributed by atoms with E-state index in [1.165, 1.54) is 21.1 Å². The third-order valence-corrected chi connectivity index (χ3v) is 6.05. The summed E-state index contributed by atoms with van der Waals surface area (Å²) in [6.07, 6.45) is 1.86. The van der Waals surface area contributed by atoms with E-state index in [1.54, 1.807) is 4.90 Å². The molecule has 0 aliphatic carbocycles. The molecule has 0 saturated carbocycles. The number of nitrogens with zero attached hydrogens (tertiary/aromatic N) is 3. The highest BCUT2D eigenvalue weighted by molar-refractivity contribution is 7.88. The van der Waals surface area contributed by atoms with Crippen LogP contribution in [0.3, 0.4) is 0 Å². The van der Waals surface area contributed by atoms with E-state index in [0.29, 0.717) is 26.1 Å². The van der Waals surface area contributed by atoms with Crippen LogP contribution in [-0.2, 0) is 14.8 Å². The van der Waals surface area contributed by atoms with Gasteiger partial charge in [0.15, 0.2) is 0 Å². The van der Waals surface area contributed by atoms with Crippen LogP contribution in [0, 0.1) is 13.8 Å². The van der Waals surface area contributed by atoms with Gasteiger partial charge >= 0.3 is 0 Å². The zero-order valence-electron chi connectivity index (χ0n) is 15.7. The van der Waals surface area contributed by atoms with Gasteiger partial charge in [-0.15, -0.1) is 0 Å². The van der Waals surface area contributed by atoms with Gasteiger partial charge in [-0.05, 0) is 37.5 Å². The third-order valence-electron chi connectivity index (χ3n) is 4.80. The molecule has 0 spiro atoms. The molecule has 1 heterocycles. The summed E-state index contributed by atoms with van der Waals surface area (Å²) < 4.78 is 24.9. The first kappa shape index (κ1) is 19.7. The molecule has 7 heteroatoms. The first-order chi connectivity index (χ1) is 11.7. The molecule has 0 aromatic heterocycles. The van der Waals surface area contributed by atoms with Gasteiger partial charge < -0.3 is 9.80 Å². The number of hydrogen-bond acceptors (Lipinski definition) is 4. The maximum absolute atomic E-state index is 12.5. The number of sulfonamides is 1. The Kier molecular flexibility index (Phi) is 6.46. The number of piperazine rings is 1. The molecule has 0 N–H and O–H groups in total. The topological polar surface area (TPSA) is 60.9 Å². The number of aryl methyl sites for hydroxylation is 1. The molecule has 2 rings (SSSR count). The van der Waals surface area contributed by atoms with E-state index in [9.17, 15) is 13.2 Å². The van der Waals surface area contributed by atoms with Crippen LogP contribution >= 0.6 is 0 Å². The van der Waals surface area contributed by atoms with E-state index < -0.39 is 10.0 Å². The minimum absolute atomic E-state index is 0.0594. The van der Waals surface area contributed by atoms with Gasteiger partial charge in [0.25, 0.3) is 0 Å². The molecule has 0 bridgehead atoms. The molecule has 1 aromatic rings. The van der Waals surface area contributed by atoms with Crippen LogP contribution in [0.1, 0.15) is 24.5 Å². The fourth-order valence-corrected chi connectivity index (χ4v) is 4.00. The zero-order chi connectivity index (χ0) is 18.6. The predicted octanol–water partition coefficient (Wildman–Crippen LogP) is 1.62. The van der Waals surface area contributed by atoms with Gasteiger partial charge in [-0.1, -0.05) is 19.1 Å². The minimum atomic E-state index is -3.35. The Morgan fingerprint density at radius 3 is 2.36 bits per heavy atom. The Balaban J connectivity index is 1.97. The van der Waals surface area contributed by atoms with Gasteiger partial charge in [0.2, 0.25) is 15.9 Å². The van der Waals surface area contributed by atoms with Gasteiger partial charge in [0, 0.05) is 38.4 Å². The van der Waals surface area contributed by atoms with Crippen LogP contribution in [0.2, 0.25) is 0 Å². The fraction of sp³-hybridized carbons (Fsp3) is 0.611. The lowest BCUT2D eigenvalue weighted by Gasteiger charge is -2.37. The Bertz CT molecular complexity index is 710. The second kappa shape index (κ2) is 8.19. The van der Waals surface area contributed by atoms with Crippen LogP contribution < -0.4 is 4.90 Å². The normalized spacial score (nSPS) is 15.7. The van der Waals surface area contributed by atoms with E-state index >= 15 is 0 Å². The molecule has 0 unspecified atom stereocenters. The molecule has 1 aromatic carbocycles. The lowest BCUT2D eigenvalue weighted by molar-refractivity contribution is -0.131. The summed E-state index contributed by atoms with van der Waals surface area (Å²) >= 11 is 0. The molecule has 25 heavy (non-hydrogen) atoms. The van der Waals surface area contributed by atoms with Crippen molar-refractivity contribution in [2.24, 2.45) is 0 Å². The predicted molar refractivity (Wildman–Crippen MR) is 101 cm³/mol. The van der Waals surface area contributed by atoms with E-state index in [4.69, 9.17) is 0 Å². The summed E-state index contributed by atoms with van der Waals surface area (Å²) in [5.74, 6) is -0.112. The summed E-state index contributed by atoms with van der Waals surface area (Å²) in [6, 6.07) is 6.28. The summed E-state index contributed by atoms with van der Waals surface area (Å²) in [7, 11) is -3.35. The van der Waals surface area contributed by atoms with Crippen molar-refractivity contribution in [1.29, 1.82) is 0 Å². The molecule has 1 aliphatic heterocycles. The molecular weight excluding hydrogens is 338 g/mol. The highest BCUT2D eigenvalue weighted by atomic mass is 32.2. The highest BCUT2D eigenvalue weighted by Gasteiger charge is 2.26. The van der Waals surface area contributed by atoms with Crippen molar-refractivity contribution in [1.82, 2.24) is 9.21 Å². The van der Waals surface area contributed by atoms with Crippen LogP contribution in [-0.4, -0.2) is 69.1 Å². The van der Waals surface area contributed by atoms with Crippen molar-refractivity contribution in [3.63, 3.8) is 0 Å². The smallest absolute Gasteiger partial charge is 0.238 e. The van der Waals surface area contributed by atoms with Gasteiger partial charge in [-0.3, -0.25) is 4.79 Å². The first-order valence-corrected chi connectivity index (χ1v) is 10.6. The average molecular weight is 368 g/mol. The van der Waals surface area contributed by atoms with Crippen molar-refractivity contribution in [3.05, 3.63) is 29.3 Å². The monoisotopic (exact) mass is 367 g/mol. The lowest BCUT2D eigenvalue weighted by Crippen LogP contribution is -2.52.